The highest BCUT2D eigenvalue weighted by molar-refractivity contribution is 5.94. The van der Waals surface area contributed by atoms with E-state index >= 15 is 0 Å². The normalized spacial score (nSPS) is 11.9. The van der Waals surface area contributed by atoms with Gasteiger partial charge in [-0.3, -0.25) is 4.79 Å². The number of fused-ring (bicyclic) bond motifs is 1. The van der Waals surface area contributed by atoms with Crippen LogP contribution in [0.2, 0.25) is 0 Å². The minimum Gasteiger partial charge on any atom is -0.452 e. The van der Waals surface area contributed by atoms with Gasteiger partial charge < -0.3 is 10.1 Å². The fourth-order valence-corrected chi connectivity index (χ4v) is 3.03. The van der Waals surface area contributed by atoms with Crippen LogP contribution in [-0.4, -0.2) is 28.5 Å². The van der Waals surface area contributed by atoms with Crippen LogP contribution in [0.3, 0.4) is 0 Å². The standard InChI is InChI=1S/C23H25N3O3/c1-5-19(17-8-6-14(2)7-9-17)26-22(27)13-29-23(28)18-10-11-20-21(12-18)25-16(4)15(3)24-20/h6-12,19H,5,13H2,1-4H3,(H,26,27)/t19-/m1/s1. The molecule has 150 valence electrons. The number of nitrogens with one attached hydrogen (secondary N) is 1. The largest absolute Gasteiger partial charge is 0.452 e. The first kappa shape index (κ1) is 20.5. The topological polar surface area (TPSA) is 81.2 Å². The van der Waals surface area contributed by atoms with Gasteiger partial charge >= 0.3 is 5.97 Å². The Kier molecular flexibility index (Phi) is 6.22. The van der Waals surface area contributed by atoms with Crippen molar-refractivity contribution in [2.45, 2.75) is 40.2 Å². The number of amides is 1. The maximum Gasteiger partial charge on any atom is 0.338 e. The number of aryl methyl sites for hydroxylation is 3. The van der Waals surface area contributed by atoms with E-state index in [0.29, 0.717) is 16.6 Å². The molecule has 0 fully saturated rings. The second-order valence-corrected chi connectivity index (χ2v) is 7.11. The van der Waals surface area contributed by atoms with Crippen molar-refractivity contribution in [3.05, 3.63) is 70.5 Å². The Hall–Kier alpha value is -3.28. The van der Waals surface area contributed by atoms with E-state index in [2.05, 4.69) is 15.3 Å². The number of carbonyl (C=O) groups excluding carboxylic acids is 2. The van der Waals surface area contributed by atoms with Gasteiger partial charge in [0, 0.05) is 0 Å². The third kappa shape index (κ3) is 4.96. The molecule has 1 amide bonds. The minimum absolute atomic E-state index is 0.121. The van der Waals surface area contributed by atoms with E-state index in [1.54, 1.807) is 18.2 Å². The Morgan fingerprint density at radius 2 is 1.62 bits per heavy atom. The third-order valence-electron chi connectivity index (χ3n) is 4.87. The molecule has 0 unspecified atom stereocenters. The Bertz CT molecular complexity index is 1050. The number of hydrogen-bond donors (Lipinski definition) is 1. The number of nitrogens with zero attached hydrogens (tertiary/aromatic N) is 2. The van der Waals surface area contributed by atoms with Gasteiger partial charge in [0.15, 0.2) is 6.61 Å². The van der Waals surface area contributed by atoms with Crippen molar-refractivity contribution < 1.29 is 14.3 Å². The van der Waals surface area contributed by atoms with Crippen LogP contribution in [-0.2, 0) is 9.53 Å². The van der Waals surface area contributed by atoms with Crippen LogP contribution in [0.15, 0.2) is 42.5 Å². The average Bonchev–Trinajstić information content (AvgIpc) is 2.71. The van der Waals surface area contributed by atoms with Crippen LogP contribution >= 0.6 is 0 Å². The maximum atomic E-state index is 12.4. The molecule has 6 nitrogen and oxygen atoms in total. The van der Waals surface area contributed by atoms with E-state index in [1.165, 1.54) is 0 Å². The van der Waals surface area contributed by atoms with Gasteiger partial charge in [0.05, 0.1) is 34.0 Å². The molecule has 6 heteroatoms. The summed E-state index contributed by atoms with van der Waals surface area (Å²) >= 11 is 0. The van der Waals surface area contributed by atoms with Gasteiger partial charge in [-0.05, 0) is 51.0 Å². The predicted octanol–water partition coefficient (Wildman–Crippen LogP) is 3.98. The zero-order chi connectivity index (χ0) is 21.0. The highest BCUT2D eigenvalue weighted by Crippen LogP contribution is 2.18. The first-order valence-electron chi connectivity index (χ1n) is 9.65. The molecular weight excluding hydrogens is 366 g/mol. The van der Waals surface area contributed by atoms with E-state index in [4.69, 9.17) is 4.74 Å². The van der Waals surface area contributed by atoms with E-state index in [9.17, 15) is 9.59 Å². The van der Waals surface area contributed by atoms with Gasteiger partial charge in [0.1, 0.15) is 0 Å². The molecular formula is C23H25N3O3. The highest BCUT2D eigenvalue weighted by Gasteiger charge is 2.16. The second-order valence-electron chi connectivity index (χ2n) is 7.11. The first-order valence-corrected chi connectivity index (χ1v) is 9.65. The van der Waals surface area contributed by atoms with Crippen LogP contribution < -0.4 is 5.32 Å². The summed E-state index contributed by atoms with van der Waals surface area (Å²) in [5, 5.41) is 2.91. The summed E-state index contributed by atoms with van der Waals surface area (Å²) in [6, 6.07) is 12.9. The predicted molar refractivity (Wildman–Crippen MR) is 112 cm³/mol. The lowest BCUT2D eigenvalue weighted by molar-refractivity contribution is -0.125. The van der Waals surface area contributed by atoms with Crippen LogP contribution in [0.5, 0.6) is 0 Å². The molecule has 29 heavy (non-hydrogen) atoms. The Labute approximate surface area is 170 Å². The zero-order valence-corrected chi connectivity index (χ0v) is 17.2. The minimum atomic E-state index is -0.564. The van der Waals surface area contributed by atoms with Gasteiger partial charge in [-0.2, -0.15) is 0 Å². The summed E-state index contributed by atoms with van der Waals surface area (Å²) < 4.78 is 5.19. The fourth-order valence-electron chi connectivity index (χ4n) is 3.03. The van der Waals surface area contributed by atoms with Crippen molar-refractivity contribution in [1.82, 2.24) is 15.3 Å². The molecule has 2 aromatic carbocycles. The summed E-state index contributed by atoms with van der Waals surface area (Å²) in [6.07, 6.45) is 0.741. The van der Waals surface area contributed by atoms with Gasteiger partial charge in [0.2, 0.25) is 0 Å². The highest BCUT2D eigenvalue weighted by atomic mass is 16.5. The summed E-state index contributed by atoms with van der Waals surface area (Å²) in [4.78, 5) is 33.5. The molecule has 0 bridgehead atoms. The average molecular weight is 391 g/mol. The lowest BCUT2D eigenvalue weighted by Crippen LogP contribution is -2.32. The molecule has 1 atom stereocenters. The van der Waals surface area contributed by atoms with Gasteiger partial charge in [-0.1, -0.05) is 36.8 Å². The maximum absolute atomic E-state index is 12.4. The first-order chi connectivity index (χ1) is 13.9. The number of aromatic nitrogens is 2. The van der Waals surface area contributed by atoms with Crippen LogP contribution in [0.25, 0.3) is 11.0 Å². The van der Waals surface area contributed by atoms with E-state index in [-0.39, 0.29) is 18.6 Å². The van der Waals surface area contributed by atoms with Gasteiger partial charge in [-0.25, -0.2) is 14.8 Å². The Morgan fingerprint density at radius 3 is 2.28 bits per heavy atom. The lowest BCUT2D eigenvalue weighted by Gasteiger charge is -2.17. The van der Waals surface area contributed by atoms with Crippen molar-refractivity contribution in [2.75, 3.05) is 6.61 Å². The molecule has 0 radical (unpaired) electrons. The summed E-state index contributed by atoms with van der Waals surface area (Å²) in [5.41, 5.74) is 5.52. The van der Waals surface area contributed by atoms with E-state index < -0.39 is 5.97 Å². The molecule has 1 heterocycles. The van der Waals surface area contributed by atoms with E-state index in [1.807, 2.05) is 52.0 Å². The third-order valence-corrected chi connectivity index (χ3v) is 4.87. The second kappa shape index (κ2) is 8.82. The molecule has 0 aliphatic heterocycles. The smallest absolute Gasteiger partial charge is 0.338 e. The van der Waals surface area contributed by atoms with Crippen molar-refractivity contribution >= 4 is 22.9 Å². The quantitative estimate of drug-likeness (QED) is 0.643. The van der Waals surface area contributed by atoms with Crippen molar-refractivity contribution in [3.8, 4) is 0 Å². The SMILES string of the molecule is CC[C@@H](NC(=O)COC(=O)c1ccc2nc(C)c(C)nc2c1)c1ccc(C)cc1. The van der Waals surface area contributed by atoms with Crippen molar-refractivity contribution in [1.29, 1.82) is 0 Å². The fraction of sp³-hybridized carbons (Fsp3) is 0.304. The van der Waals surface area contributed by atoms with Crippen LogP contribution in [0.1, 0.15) is 52.3 Å². The molecule has 1 aromatic heterocycles. The van der Waals surface area contributed by atoms with E-state index in [0.717, 1.165) is 28.9 Å². The summed E-state index contributed by atoms with van der Waals surface area (Å²) in [7, 11) is 0. The number of ether oxygens (including phenoxy) is 1. The molecule has 0 aliphatic carbocycles. The monoisotopic (exact) mass is 391 g/mol. The molecule has 3 aromatic rings. The lowest BCUT2D eigenvalue weighted by atomic mass is 10.0. The Balaban J connectivity index is 1.62. The van der Waals surface area contributed by atoms with Gasteiger partial charge in [-0.15, -0.1) is 0 Å². The van der Waals surface area contributed by atoms with Gasteiger partial charge in [0.25, 0.3) is 5.91 Å². The summed E-state index contributed by atoms with van der Waals surface area (Å²) in [5.74, 6) is -0.900. The molecule has 3 rings (SSSR count). The molecule has 0 aliphatic rings. The van der Waals surface area contributed by atoms with Crippen LogP contribution in [0, 0.1) is 20.8 Å². The van der Waals surface area contributed by atoms with Crippen molar-refractivity contribution in [2.24, 2.45) is 0 Å². The number of benzene rings is 2. The number of esters is 1. The summed E-state index contributed by atoms with van der Waals surface area (Å²) in [6.45, 7) is 7.44. The van der Waals surface area contributed by atoms with Crippen molar-refractivity contribution in [3.63, 3.8) is 0 Å². The Morgan fingerprint density at radius 1 is 0.966 bits per heavy atom. The molecule has 0 spiro atoms. The van der Waals surface area contributed by atoms with Crippen LogP contribution in [0.4, 0.5) is 0 Å². The number of hydrogen-bond acceptors (Lipinski definition) is 5. The number of carbonyl (C=O) groups is 2. The molecule has 0 saturated carbocycles. The zero-order valence-electron chi connectivity index (χ0n) is 17.2. The number of rotatable bonds is 6. The molecule has 0 saturated heterocycles. The molecule has 1 N–H and O–H groups in total.